The molecule has 1 fully saturated rings. The van der Waals surface area contributed by atoms with Gasteiger partial charge in [0.1, 0.15) is 0 Å². The molecule has 0 amide bonds. The highest BCUT2D eigenvalue weighted by Gasteiger charge is 2.36. The zero-order valence-electron chi connectivity index (χ0n) is 11.9. The second-order valence-corrected chi connectivity index (χ2v) is 7.92. The van der Waals surface area contributed by atoms with E-state index in [1.54, 1.807) is 6.07 Å². The van der Waals surface area contributed by atoms with Crippen molar-refractivity contribution in [2.45, 2.75) is 18.2 Å². The second-order valence-electron chi connectivity index (χ2n) is 5.19. The molecular formula is C16H16BrNO3S. The van der Waals surface area contributed by atoms with E-state index in [1.165, 1.54) is 4.47 Å². The maximum absolute atomic E-state index is 12.7. The molecule has 1 aliphatic heterocycles. The summed E-state index contributed by atoms with van der Waals surface area (Å²) in [6, 6.07) is 16.7. The number of nitrogens with zero attached hydrogens (tertiary/aromatic N) is 1. The number of sulfonamides is 1. The molecule has 1 aliphatic rings. The first-order valence-electron chi connectivity index (χ1n) is 7.01. The summed E-state index contributed by atoms with van der Waals surface area (Å²) in [6.07, 6.45) is 0.668. The first-order valence-corrected chi connectivity index (χ1v) is 9.41. The Labute approximate surface area is 138 Å². The summed E-state index contributed by atoms with van der Waals surface area (Å²) in [7, 11) is -3.54. The maximum Gasteiger partial charge on any atom is 0.240 e. The van der Waals surface area contributed by atoms with Crippen molar-refractivity contribution in [1.82, 2.24) is 4.47 Å². The highest BCUT2D eigenvalue weighted by Crippen LogP contribution is 2.33. The van der Waals surface area contributed by atoms with E-state index in [0.717, 1.165) is 15.6 Å². The lowest BCUT2D eigenvalue weighted by Gasteiger charge is -2.22. The van der Waals surface area contributed by atoms with Crippen LogP contribution in [0.3, 0.4) is 0 Å². The van der Waals surface area contributed by atoms with Crippen LogP contribution in [0, 0.1) is 0 Å². The molecule has 0 aromatic heterocycles. The van der Waals surface area contributed by atoms with E-state index in [1.807, 2.05) is 48.5 Å². The van der Waals surface area contributed by atoms with E-state index in [4.69, 9.17) is 4.84 Å². The van der Waals surface area contributed by atoms with Gasteiger partial charge in [-0.2, -0.15) is 0 Å². The molecule has 4 nitrogen and oxygen atoms in total. The molecule has 1 heterocycles. The van der Waals surface area contributed by atoms with Crippen LogP contribution >= 0.6 is 15.9 Å². The minimum atomic E-state index is -3.54. The minimum Gasteiger partial charge on any atom is -0.284 e. The summed E-state index contributed by atoms with van der Waals surface area (Å²) in [5.41, 5.74) is 1.69. The van der Waals surface area contributed by atoms with Gasteiger partial charge in [0, 0.05) is 4.47 Å². The smallest absolute Gasteiger partial charge is 0.240 e. The number of halogens is 1. The molecule has 2 aromatic rings. The summed E-state index contributed by atoms with van der Waals surface area (Å²) in [4.78, 5) is 5.42. The summed E-state index contributed by atoms with van der Waals surface area (Å²) in [5.74, 6) is -0.0736. The number of hydrogen-bond acceptors (Lipinski definition) is 3. The van der Waals surface area contributed by atoms with E-state index in [-0.39, 0.29) is 11.8 Å². The zero-order chi connectivity index (χ0) is 15.6. The molecule has 22 heavy (non-hydrogen) atoms. The van der Waals surface area contributed by atoms with Crippen molar-refractivity contribution >= 4 is 26.0 Å². The number of rotatable bonds is 4. The van der Waals surface area contributed by atoms with Crippen LogP contribution in [-0.4, -0.2) is 19.5 Å². The fourth-order valence-electron chi connectivity index (χ4n) is 2.59. The fraction of sp³-hybridized carbons (Fsp3) is 0.250. The topological polar surface area (TPSA) is 46.6 Å². The summed E-state index contributed by atoms with van der Waals surface area (Å²) >= 11 is 3.36. The number of hydroxylamine groups is 1. The summed E-state index contributed by atoms with van der Waals surface area (Å²) in [5, 5.41) is 0. The molecular weight excluding hydrogens is 366 g/mol. The molecule has 1 atom stereocenters. The van der Waals surface area contributed by atoms with Crippen LogP contribution in [-0.2, 0) is 20.6 Å². The van der Waals surface area contributed by atoms with Gasteiger partial charge in [-0.3, -0.25) is 4.84 Å². The van der Waals surface area contributed by atoms with Gasteiger partial charge in [-0.25, -0.2) is 8.42 Å². The van der Waals surface area contributed by atoms with Crippen molar-refractivity contribution in [2.24, 2.45) is 0 Å². The van der Waals surface area contributed by atoms with Crippen LogP contribution in [0.2, 0.25) is 0 Å². The van der Waals surface area contributed by atoms with E-state index in [2.05, 4.69) is 15.9 Å². The van der Waals surface area contributed by atoms with Gasteiger partial charge < -0.3 is 0 Å². The lowest BCUT2D eigenvalue weighted by Crippen LogP contribution is -2.30. The monoisotopic (exact) mass is 381 g/mol. The molecule has 0 spiro atoms. The largest absolute Gasteiger partial charge is 0.284 e. The maximum atomic E-state index is 12.7. The first kappa shape index (κ1) is 15.7. The average Bonchev–Trinajstić information content (AvgIpc) is 2.98. The van der Waals surface area contributed by atoms with Crippen molar-refractivity contribution in [3.63, 3.8) is 0 Å². The third kappa shape index (κ3) is 3.41. The number of hydrogen-bond donors (Lipinski definition) is 0. The molecule has 6 heteroatoms. The Morgan fingerprint density at radius 1 is 1.14 bits per heavy atom. The zero-order valence-corrected chi connectivity index (χ0v) is 14.3. The van der Waals surface area contributed by atoms with Gasteiger partial charge in [0.2, 0.25) is 10.0 Å². The molecule has 1 saturated heterocycles. The fourth-order valence-corrected chi connectivity index (χ4v) is 4.61. The van der Waals surface area contributed by atoms with E-state index in [9.17, 15) is 8.42 Å². The summed E-state index contributed by atoms with van der Waals surface area (Å²) < 4.78 is 27.4. The van der Waals surface area contributed by atoms with Gasteiger partial charge in [0.05, 0.1) is 18.4 Å². The molecule has 0 aliphatic carbocycles. The molecule has 0 N–H and O–H groups in total. The second kappa shape index (κ2) is 6.50. The first-order chi connectivity index (χ1) is 10.6. The SMILES string of the molecule is O=S(=O)(Cc1cccc(Br)c1)N1OCC[C@H]1c1ccccc1. The van der Waals surface area contributed by atoms with Gasteiger partial charge in [-0.1, -0.05) is 62.9 Å². The predicted molar refractivity (Wildman–Crippen MR) is 88.4 cm³/mol. The van der Waals surface area contributed by atoms with Gasteiger partial charge in [0.25, 0.3) is 0 Å². The van der Waals surface area contributed by atoms with Crippen LogP contribution in [0.15, 0.2) is 59.1 Å². The Morgan fingerprint density at radius 2 is 1.91 bits per heavy atom. The normalized spacial score (nSPS) is 19.4. The molecule has 3 rings (SSSR count). The Balaban J connectivity index is 1.85. The van der Waals surface area contributed by atoms with Crippen LogP contribution in [0.1, 0.15) is 23.6 Å². The lowest BCUT2D eigenvalue weighted by molar-refractivity contribution is -0.0501. The van der Waals surface area contributed by atoms with Crippen LogP contribution in [0.25, 0.3) is 0 Å². The predicted octanol–water partition coefficient (Wildman–Crippen LogP) is 3.66. The number of benzene rings is 2. The molecule has 0 bridgehead atoms. The lowest BCUT2D eigenvalue weighted by atomic mass is 10.1. The van der Waals surface area contributed by atoms with Gasteiger partial charge >= 0.3 is 0 Å². The summed E-state index contributed by atoms with van der Waals surface area (Å²) in [6.45, 7) is 0.414. The highest BCUT2D eigenvalue weighted by atomic mass is 79.9. The molecule has 2 aromatic carbocycles. The third-order valence-corrected chi connectivity index (χ3v) is 5.66. The molecule has 0 saturated carbocycles. The van der Waals surface area contributed by atoms with Crippen molar-refractivity contribution in [2.75, 3.05) is 6.61 Å². The minimum absolute atomic E-state index is 0.0736. The van der Waals surface area contributed by atoms with Gasteiger partial charge in [0.15, 0.2) is 0 Å². The van der Waals surface area contributed by atoms with Crippen molar-refractivity contribution < 1.29 is 13.3 Å². The average molecular weight is 382 g/mol. The molecule has 0 radical (unpaired) electrons. The third-order valence-electron chi connectivity index (χ3n) is 3.56. The molecule has 0 unspecified atom stereocenters. The van der Waals surface area contributed by atoms with Gasteiger partial charge in [-0.15, -0.1) is 0 Å². The van der Waals surface area contributed by atoms with E-state index >= 15 is 0 Å². The van der Waals surface area contributed by atoms with Crippen molar-refractivity contribution in [3.8, 4) is 0 Å². The van der Waals surface area contributed by atoms with Crippen LogP contribution in [0.4, 0.5) is 0 Å². The Morgan fingerprint density at radius 3 is 2.64 bits per heavy atom. The Bertz CT molecular complexity index is 749. The Hall–Kier alpha value is -1.21. The molecule has 116 valence electrons. The highest BCUT2D eigenvalue weighted by molar-refractivity contribution is 9.10. The van der Waals surface area contributed by atoms with Crippen molar-refractivity contribution in [1.29, 1.82) is 0 Å². The van der Waals surface area contributed by atoms with Crippen LogP contribution < -0.4 is 0 Å². The van der Waals surface area contributed by atoms with E-state index < -0.39 is 10.0 Å². The van der Waals surface area contributed by atoms with Crippen molar-refractivity contribution in [3.05, 3.63) is 70.2 Å². The standard InChI is InChI=1S/C16H16BrNO3S/c17-15-8-4-5-13(11-15)12-22(19,20)18-16(9-10-21-18)14-6-2-1-3-7-14/h1-8,11,16H,9-10,12H2/t16-/m0/s1. The Kier molecular flexibility index (Phi) is 4.63. The van der Waals surface area contributed by atoms with E-state index in [0.29, 0.717) is 13.0 Å². The van der Waals surface area contributed by atoms with Gasteiger partial charge in [-0.05, 0) is 29.7 Å². The quantitative estimate of drug-likeness (QED) is 0.811. The van der Waals surface area contributed by atoms with Crippen LogP contribution in [0.5, 0.6) is 0 Å².